The second kappa shape index (κ2) is 9.28. The molecule has 0 radical (unpaired) electrons. The Labute approximate surface area is 249 Å². The second-order valence-corrected chi connectivity index (χ2v) is 12.6. The molecule has 0 fully saturated rings. The van der Waals surface area contributed by atoms with Crippen LogP contribution in [0.2, 0.25) is 0 Å². The van der Waals surface area contributed by atoms with E-state index in [4.69, 9.17) is 15.0 Å². The second-order valence-electron chi connectivity index (χ2n) is 10.4. The van der Waals surface area contributed by atoms with Gasteiger partial charge in [0.05, 0.1) is 0 Å². The summed E-state index contributed by atoms with van der Waals surface area (Å²) in [5.41, 5.74) is 2.99. The third-order valence-electron chi connectivity index (χ3n) is 7.93. The average Bonchev–Trinajstić information content (AvgIpc) is 3.63. The molecule has 0 amide bonds. The van der Waals surface area contributed by atoms with Crippen LogP contribution in [0.1, 0.15) is 0 Å². The van der Waals surface area contributed by atoms with Crippen LogP contribution in [0.4, 0.5) is 0 Å². The number of fused-ring (bicyclic) bond motifs is 8. The van der Waals surface area contributed by atoms with Crippen molar-refractivity contribution >= 4 is 73.8 Å². The Hall–Kier alpha value is -4.97. The first-order chi connectivity index (χ1) is 20.8. The molecule has 6 aromatic carbocycles. The number of thiophene rings is 2. The van der Waals surface area contributed by atoms with Crippen LogP contribution in [0.25, 0.3) is 85.3 Å². The van der Waals surface area contributed by atoms with E-state index >= 15 is 0 Å². The van der Waals surface area contributed by atoms with Gasteiger partial charge in [0.2, 0.25) is 0 Å². The van der Waals surface area contributed by atoms with E-state index in [1.807, 2.05) is 40.9 Å². The number of rotatable bonds is 3. The monoisotopic (exact) mass is 571 g/mol. The summed E-state index contributed by atoms with van der Waals surface area (Å²) in [7, 11) is 0. The molecule has 0 atom stereocenters. The average molecular weight is 572 g/mol. The molecule has 0 unspecified atom stereocenters. The molecule has 9 aromatic rings. The molecule has 0 aliphatic heterocycles. The Morgan fingerprint density at radius 1 is 0.405 bits per heavy atom. The summed E-state index contributed by atoms with van der Waals surface area (Å²) in [6.45, 7) is 0. The van der Waals surface area contributed by atoms with Crippen LogP contribution in [-0.2, 0) is 0 Å². The van der Waals surface area contributed by atoms with Gasteiger partial charge in [-0.25, -0.2) is 15.0 Å². The molecule has 196 valence electrons. The maximum absolute atomic E-state index is 5.15. The van der Waals surface area contributed by atoms with Crippen molar-refractivity contribution in [2.24, 2.45) is 0 Å². The highest BCUT2D eigenvalue weighted by atomic mass is 32.1. The van der Waals surface area contributed by atoms with E-state index in [2.05, 4.69) is 109 Å². The van der Waals surface area contributed by atoms with Crippen molar-refractivity contribution in [3.63, 3.8) is 0 Å². The number of aromatic nitrogens is 3. The van der Waals surface area contributed by atoms with E-state index < -0.39 is 0 Å². The zero-order chi connectivity index (χ0) is 27.6. The van der Waals surface area contributed by atoms with E-state index in [1.54, 1.807) is 0 Å². The lowest BCUT2D eigenvalue weighted by atomic mass is 10.0. The number of benzene rings is 6. The van der Waals surface area contributed by atoms with Crippen molar-refractivity contribution in [3.05, 3.63) is 127 Å². The minimum Gasteiger partial charge on any atom is -0.208 e. The summed E-state index contributed by atoms with van der Waals surface area (Å²) in [5.74, 6) is 2.04. The van der Waals surface area contributed by atoms with Gasteiger partial charge >= 0.3 is 0 Å². The largest absolute Gasteiger partial charge is 0.208 e. The first kappa shape index (κ1) is 23.7. The van der Waals surface area contributed by atoms with Gasteiger partial charge in [0, 0.05) is 57.0 Å². The molecule has 9 rings (SSSR count). The van der Waals surface area contributed by atoms with E-state index in [0.29, 0.717) is 17.5 Å². The SMILES string of the molecule is c1ccc(-c2nc(-c3ccc4c(c3)sc3ccccc34)nc(-c3cccc4sc5c6ccccc6ccc5c34)n2)cc1. The minimum atomic E-state index is 0.675. The molecule has 42 heavy (non-hydrogen) atoms. The van der Waals surface area contributed by atoms with Crippen LogP contribution in [0.3, 0.4) is 0 Å². The Morgan fingerprint density at radius 2 is 1.10 bits per heavy atom. The van der Waals surface area contributed by atoms with Crippen LogP contribution in [-0.4, -0.2) is 15.0 Å². The molecule has 3 heterocycles. The van der Waals surface area contributed by atoms with Gasteiger partial charge in [-0.2, -0.15) is 0 Å². The fourth-order valence-electron chi connectivity index (χ4n) is 5.95. The fourth-order valence-corrected chi connectivity index (χ4v) is 8.36. The zero-order valence-electron chi connectivity index (χ0n) is 22.3. The molecule has 0 N–H and O–H groups in total. The van der Waals surface area contributed by atoms with Gasteiger partial charge in [0.25, 0.3) is 0 Å². The van der Waals surface area contributed by atoms with Gasteiger partial charge < -0.3 is 0 Å². The molecular weight excluding hydrogens is 551 g/mol. The molecule has 5 heteroatoms. The highest BCUT2D eigenvalue weighted by Gasteiger charge is 2.18. The molecule has 0 bridgehead atoms. The Morgan fingerprint density at radius 3 is 2.00 bits per heavy atom. The summed E-state index contributed by atoms with van der Waals surface area (Å²) >= 11 is 3.64. The van der Waals surface area contributed by atoms with Crippen molar-refractivity contribution in [1.29, 1.82) is 0 Å². The third-order valence-corrected chi connectivity index (χ3v) is 10.3. The zero-order valence-corrected chi connectivity index (χ0v) is 23.9. The first-order valence-corrected chi connectivity index (χ1v) is 15.5. The quantitative estimate of drug-likeness (QED) is 0.212. The molecule has 3 aromatic heterocycles. The predicted octanol–water partition coefficient (Wildman–Crippen LogP) is 10.8. The highest BCUT2D eigenvalue weighted by molar-refractivity contribution is 7.27. The number of hydrogen-bond acceptors (Lipinski definition) is 5. The van der Waals surface area contributed by atoms with Gasteiger partial charge in [-0.15, -0.1) is 22.7 Å². The van der Waals surface area contributed by atoms with Gasteiger partial charge in [-0.3, -0.25) is 0 Å². The maximum atomic E-state index is 5.15. The van der Waals surface area contributed by atoms with Crippen molar-refractivity contribution in [2.45, 2.75) is 0 Å². The van der Waals surface area contributed by atoms with Crippen molar-refractivity contribution in [1.82, 2.24) is 15.0 Å². The van der Waals surface area contributed by atoms with Crippen LogP contribution in [0.15, 0.2) is 127 Å². The van der Waals surface area contributed by atoms with Crippen molar-refractivity contribution in [2.75, 3.05) is 0 Å². The smallest absolute Gasteiger partial charge is 0.164 e. The van der Waals surface area contributed by atoms with E-state index in [9.17, 15) is 0 Å². The topological polar surface area (TPSA) is 38.7 Å². The molecule has 0 aliphatic carbocycles. The lowest BCUT2D eigenvalue weighted by Crippen LogP contribution is -2.00. The van der Waals surface area contributed by atoms with Crippen LogP contribution < -0.4 is 0 Å². The van der Waals surface area contributed by atoms with Crippen LogP contribution >= 0.6 is 22.7 Å². The summed E-state index contributed by atoms with van der Waals surface area (Å²) in [6.07, 6.45) is 0. The van der Waals surface area contributed by atoms with Gasteiger partial charge in [0.15, 0.2) is 17.5 Å². The van der Waals surface area contributed by atoms with Gasteiger partial charge in [0.1, 0.15) is 0 Å². The van der Waals surface area contributed by atoms with Gasteiger partial charge in [-0.1, -0.05) is 109 Å². The van der Waals surface area contributed by atoms with Crippen LogP contribution in [0, 0.1) is 0 Å². The summed E-state index contributed by atoms with van der Waals surface area (Å²) in [6, 6.07) is 44.9. The molecule has 0 saturated carbocycles. The van der Waals surface area contributed by atoms with Crippen molar-refractivity contribution in [3.8, 4) is 34.2 Å². The van der Waals surface area contributed by atoms with E-state index in [-0.39, 0.29) is 0 Å². The first-order valence-electron chi connectivity index (χ1n) is 13.9. The van der Waals surface area contributed by atoms with E-state index in [0.717, 1.165) is 16.7 Å². The Balaban J connectivity index is 1.30. The van der Waals surface area contributed by atoms with Gasteiger partial charge in [-0.05, 0) is 29.0 Å². The third kappa shape index (κ3) is 3.68. The standard InChI is InChI=1S/C37H21N3S2/c1-2-10-23(11-3-1)35-38-36(24-18-19-27-26-13-6-7-15-30(26)41-32(27)21-24)40-37(39-35)29-14-8-16-31-33(29)28-20-17-22-9-4-5-12-25(22)34(28)42-31/h1-21H. The van der Waals surface area contributed by atoms with Crippen molar-refractivity contribution < 1.29 is 0 Å². The molecule has 0 spiro atoms. The number of hydrogen-bond donors (Lipinski definition) is 0. The molecule has 0 aliphatic rings. The molecule has 0 saturated heterocycles. The number of nitrogens with zero attached hydrogens (tertiary/aromatic N) is 3. The Bertz CT molecular complexity index is 2470. The summed E-state index contributed by atoms with van der Waals surface area (Å²) in [5, 5.41) is 7.51. The lowest BCUT2D eigenvalue weighted by molar-refractivity contribution is 1.08. The minimum absolute atomic E-state index is 0.675. The van der Waals surface area contributed by atoms with E-state index in [1.165, 1.54) is 51.1 Å². The predicted molar refractivity (Wildman–Crippen MR) is 179 cm³/mol. The normalized spacial score (nSPS) is 11.8. The summed E-state index contributed by atoms with van der Waals surface area (Å²) in [4.78, 5) is 15.2. The highest BCUT2D eigenvalue weighted by Crippen LogP contribution is 2.43. The fraction of sp³-hybridized carbons (Fsp3) is 0. The molecular formula is C37H21N3S2. The molecule has 3 nitrogen and oxygen atoms in total. The summed E-state index contributed by atoms with van der Waals surface area (Å²) < 4.78 is 5.04. The Kier molecular flexibility index (Phi) is 5.24. The lowest BCUT2D eigenvalue weighted by Gasteiger charge is -2.10. The van der Waals surface area contributed by atoms with Crippen LogP contribution in [0.5, 0.6) is 0 Å². The maximum Gasteiger partial charge on any atom is 0.164 e.